The molecule has 0 radical (unpaired) electrons. The van der Waals surface area contributed by atoms with E-state index in [-0.39, 0.29) is 18.9 Å². The van der Waals surface area contributed by atoms with Crippen molar-refractivity contribution in [2.75, 3.05) is 6.79 Å². The van der Waals surface area contributed by atoms with Gasteiger partial charge in [-0.3, -0.25) is 10.1 Å². The van der Waals surface area contributed by atoms with Crippen molar-refractivity contribution in [3.05, 3.63) is 39.8 Å². The fourth-order valence-corrected chi connectivity index (χ4v) is 1.69. The molecule has 0 fully saturated rings. The fourth-order valence-electron chi connectivity index (χ4n) is 1.69. The first-order valence-corrected chi connectivity index (χ1v) is 4.66. The minimum atomic E-state index is -0.451. The van der Waals surface area contributed by atoms with Gasteiger partial charge < -0.3 is 14.2 Å². The van der Waals surface area contributed by atoms with E-state index in [9.17, 15) is 10.1 Å². The van der Waals surface area contributed by atoms with Gasteiger partial charge in [0.05, 0.1) is 11.3 Å². The van der Waals surface area contributed by atoms with Crippen LogP contribution in [0.5, 0.6) is 17.2 Å². The molecule has 0 amide bonds. The molecule has 3 rings (SSSR count). The van der Waals surface area contributed by atoms with Crippen molar-refractivity contribution in [3.63, 3.8) is 0 Å². The predicted molar refractivity (Wildman–Crippen MR) is 52.0 cm³/mol. The summed E-state index contributed by atoms with van der Waals surface area (Å²) in [5.74, 6) is 1.79. The number of ether oxygens (including phenoxy) is 3. The first-order chi connectivity index (χ1) is 7.74. The van der Waals surface area contributed by atoms with Gasteiger partial charge in [-0.15, -0.1) is 0 Å². The third kappa shape index (κ3) is 1.27. The Morgan fingerprint density at radius 1 is 1.19 bits per heavy atom. The van der Waals surface area contributed by atoms with E-state index >= 15 is 0 Å². The molecule has 0 bridgehead atoms. The topological polar surface area (TPSA) is 70.8 Å². The molecular weight excluding hydrogens is 214 g/mol. The molecule has 2 aliphatic rings. The summed E-state index contributed by atoms with van der Waals surface area (Å²) in [5, 5.41) is 10.6. The van der Waals surface area contributed by atoms with Crippen LogP contribution in [0.1, 0.15) is 5.56 Å². The van der Waals surface area contributed by atoms with E-state index in [2.05, 4.69) is 0 Å². The van der Waals surface area contributed by atoms with E-state index in [0.29, 0.717) is 17.2 Å². The third-order valence-electron chi connectivity index (χ3n) is 2.48. The summed E-state index contributed by atoms with van der Waals surface area (Å²) in [6.07, 6.45) is 1.39. The Balaban J connectivity index is 2.00. The standard InChI is InChI=1S/C10H7NO5/c12-11(13)7-1-6-2-9-10(16-5-15-9)3-8(6)14-4-7/h2-4H,1,5H2. The number of fused-ring (bicyclic) bond motifs is 2. The van der Waals surface area contributed by atoms with Gasteiger partial charge in [-0.25, -0.2) is 0 Å². The molecule has 0 aliphatic carbocycles. The van der Waals surface area contributed by atoms with Crippen LogP contribution in [0.4, 0.5) is 0 Å². The molecule has 0 atom stereocenters. The molecule has 6 heteroatoms. The van der Waals surface area contributed by atoms with Crippen molar-refractivity contribution in [3.8, 4) is 17.2 Å². The van der Waals surface area contributed by atoms with Crippen LogP contribution in [0.3, 0.4) is 0 Å². The molecule has 1 aromatic rings. The Labute approximate surface area is 90.2 Å². The molecule has 2 heterocycles. The average Bonchev–Trinajstić information content (AvgIpc) is 2.71. The highest BCUT2D eigenvalue weighted by Crippen LogP contribution is 2.40. The normalized spacial score (nSPS) is 16.1. The van der Waals surface area contributed by atoms with E-state index in [1.54, 1.807) is 12.1 Å². The summed E-state index contributed by atoms with van der Waals surface area (Å²) in [6, 6.07) is 3.40. The monoisotopic (exact) mass is 221 g/mol. The smallest absolute Gasteiger partial charge is 0.285 e. The highest BCUT2D eigenvalue weighted by molar-refractivity contribution is 5.53. The summed E-state index contributed by atoms with van der Waals surface area (Å²) in [6.45, 7) is 0.174. The fraction of sp³-hybridized carbons (Fsp3) is 0.200. The quantitative estimate of drug-likeness (QED) is 0.530. The summed E-state index contributed by atoms with van der Waals surface area (Å²) >= 11 is 0. The van der Waals surface area contributed by atoms with Crippen molar-refractivity contribution in [1.82, 2.24) is 0 Å². The van der Waals surface area contributed by atoms with Crippen LogP contribution >= 0.6 is 0 Å². The first kappa shape index (κ1) is 9.02. The highest BCUT2D eigenvalue weighted by atomic mass is 16.7. The summed E-state index contributed by atoms with van der Waals surface area (Å²) in [7, 11) is 0. The second kappa shape index (κ2) is 3.13. The van der Waals surface area contributed by atoms with Crippen LogP contribution < -0.4 is 14.2 Å². The molecule has 0 saturated carbocycles. The zero-order valence-electron chi connectivity index (χ0n) is 8.13. The molecule has 6 nitrogen and oxygen atoms in total. The lowest BCUT2D eigenvalue weighted by molar-refractivity contribution is -0.428. The molecule has 2 aliphatic heterocycles. The number of nitro groups is 1. The predicted octanol–water partition coefficient (Wildman–Crippen LogP) is 1.47. The molecular formula is C10H7NO5. The Bertz CT molecular complexity index is 508. The number of hydrogen-bond donors (Lipinski definition) is 0. The zero-order valence-corrected chi connectivity index (χ0v) is 8.13. The Morgan fingerprint density at radius 3 is 2.69 bits per heavy atom. The summed E-state index contributed by atoms with van der Waals surface area (Å²) < 4.78 is 15.6. The number of benzene rings is 1. The van der Waals surface area contributed by atoms with E-state index < -0.39 is 4.92 Å². The van der Waals surface area contributed by atoms with Crippen LogP contribution in [-0.4, -0.2) is 11.7 Å². The summed E-state index contributed by atoms with van der Waals surface area (Å²) in [4.78, 5) is 10.1. The van der Waals surface area contributed by atoms with Crippen molar-refractivity contribution < 1.29 is 19.1 Å². The number of hydrogen-bond acceptors (Lipinski definition) is 5. The first-order valence-electron chi connectivity index (χ1n) is 4.66. The molecule has 16 heavy (non-hydrogen) atoms. The van der Waals surface area contributed by atoms with Gasteiger partial charge in [0.1, 0.15) is 5.75 Å². The SMILES string of the molecule is O=[N+]([O-])C1=COc2cc3c(cc2C1)OCO3. The second-order valence-corrected chi connectivity index (χ2v) is 3.47. The number of rotatable bonds is 1. The van der Waals surface area contributed by atoms with Crippen LogP contribution in [0, 0.1) is 10.1 Å². The summed E-state index contributed by atoms with van der Waals surface area (Å²) in [5.41, 5.74) is 0.768. The van der Waals surface area contributed by atoms with Crippen molar-refractivity contribution in [2.24, 2.45) is 0 Å². The Hall–Kier alpha value is -2.24. The van der Waals surface area contributed by atoms with Crippen molar-refractivity contribution in [2.45, 2.75) is 6.42 Å². The van der Waals surface area contributed by atoms with Crippen LogP contribution in [0.25, 0.3) is 0 Å². The van der Waals surface area contributed by atoms with Gasteiger partial charge in [-0.05, 0) is 6.07 Å². The van der Waals surface area contributed by atoms with Crippen LogP contribution in [0.15, 0.2) is 24.1 Å². The maximum atomic E-state index is 10.6. The van der Waals surface area contributed by atoms with E-state index in [1.165, 1.54) is 0 Å². The van der Waals surface area contributed by atoms with Crippen molar-refractivity contribution in [1.29, 1.82) is 0 Å². The maximum absolute atomic E-state index is 10.6. The van der Waals surface area contributed by atoms with Gasteiger partial charge >= 0.3 is 0 Å². The van der Waals surface area contributed by atoms with Crippen LogP contribution in [0.2, 0.25) is 0 Å². The lowest BCUT2D eigenvalue weighted by atomic mass is 10.1. The third-order valence-corrected chi connectivity index (χ3v) is 2.48. The molecule has 0 saturated heterocycles. The largest absolute Gasteiger partial charge is 0.458 e. The van der Waals surface area contributed by atoms with Gasteiger partial charge in [-0.1, -0.05) is 0 Å². The molecule has 1 aromatic carbocycles. The number of nitrogens with zero attached hydrogens (tertiary/aromatic N) is 1. The van der Waals surface area contributed by atoms with E-state index in [4.69, 9.17) is 14.2 Å². The zero-order chi connectivity index (χ0) is 11.1. The average molecular weight is 221 g/mol. The van der Waals surface area contributed by atoms with E-state index in [0.717, 1.165) is 11.8 Å². The van der Waals surface area contributed by atoms with Gasteiger partial charge in [0.25, 0.3) is 5.70 Å². The highest BCUT2D eigenvalue weighted by Gasteiger charge is 2.25. The molecule has 0 aromatic heterocycles. The molecule has 0 spiro atoms. The van der Waals surface area contributed by atoms with Crippen LogP contribution in [-0.2, 0) is 6.42 Å². The number of allylic oxidation sites excluding steroid dienone is 1. The minimum absolute atomic E-state index is 0.0337. The van der Waals surface area contributed by atoms with E-state index in [1.807, 2.05) is 0 Å². The minimum Gasteiger partial charge on any atom is -0.458 e. The van der Waals surface area contributed by atoms with Gasteiger partial charge in [-0.2, -0.15) is 0 Å². The van der Waals surface area contributed by atoms with Gasteiger partial charge in [0.2, 0.25) is 6.79 Å². The maximum Gasteiger partial charge on any atom is 0.285 e. The van der Waals surface area contributed by atoms with Gasteiger partial charge in [0.15, 0.2) is 17.8 Å². The Kier molecular flexibility index (Phi) is 1.76. The van der Waals surface area contributed by atoms with Crippen molar-refractivity contribution >= 4 is 0 Å². The second-order valence-electron chi connectivity index (χ2n) is 3.47. The lowest BCUT2D eigenvalue weighted by Gasteiger charge is -2.13. The molecule has 0 unspecified atom stereocenters. The Morgan fingerprint density at radius 2 is 1.94 bits per heavy atom. The van der Waals surface area contributed by atoms with Gasteiger partial charge in [0, 0.05) is 11.6 Å². The molecule has 0 N–H and O–H groups in total. The molecule has 82 valence electrons. The lowest BCUT2D eigenvalue weighted by Crippen LogP contribution is -2.09.